The number of hydrogen-bond donors (Lipinski definition) is 0. The molecular weight excluding hydrogens is 190 g/mol. The summed E-state index contributed by atoms with van der Waals surface area (Å²) in [6.45, 7) is 1.98. The monoisotopic (exact) mass is 199 g/mol. The van der Waals surface area contributed by atoms with Crippen LogP contribution in [0.25, 0.3) is 6.08 Å². The first-order chi connectivity index (χ1) is 4.43. The number of halogens is 1. The van der Waals surface area contributed by atoms with Gasteiger partial charge in [0.25, 0.3) is 0 Å². The topological polar surface area (TPSA) is 12.9 Å². The fourth-order valence-corrected chi connectivity index (χ4v) is 0.645. The van der Waals surface area contributed by atoms with Gasteiger partial charge in [-0.25, -0.2) is 0 Å². The van der Waals surface area contributed by atoms with Crippen LogP contribution in [0, 0.1) is 0 Å². The Morgan fingerprint density at radius 1 is 1.40 bits per heavy atom. The molecule has 10 heavy (non-hydrogen) atoms. The molecule has 0 spiro atoms. The molecule has 0 aliphatic heterocycles. The zero-order valence-electron chi connectivity index (χ0n) is 5.82. The van der Waals surface area contributed by atoms with Crippen molar-refractivity contribution >= 4 is 23.1 Å². The zero-order chi connectivity index (χ0) is 6.53. The van der Waals surface area contributed by atoms with Crippen LogP contribution in [0.1, 0.15) is 12.6 Å². The molecule has 0 unspecified atom stereocenters. The molecule has 0 saturated heterocycles. The van der Waals surface area contributed by atoms with E-state index in [0.717, 1.165) is 5.69 Å². The molecule has 0 saturated carbocycles. The molecule has 1 aromatic rings. The molecule has 1 rings (SSSR count). The summed E-state index contributed by atoms with van der Waals surface area (Å²) >= 11 is 0. The van der Waals surface area contributed by atoms with E-state index in [0.29, 0.717) is 0 Å². The molecule has 0 amide bonds. The van der Waals surface area contributed by atoms with Crippen LogP contribution in [0.5, 0.6) is 0 Å². The van der Waals surface area contributed by atoms with Crippen molar-refractivity contribution in [1.29, 1.82) is 0 Å². The molecule has 0 atom stereocenters. The highest BCUT2D eigenvalue weighted by Gasteiger charge is 1.79. The molecule has 1 heterocycles. The SMILES string of the molecule is Br.CC=Cc1ccccn1. The van der Waals surface area contributed by atoms with Crippen LogP contribution in [0.15, 0.2) is 30.5 Å². The summed E-state index contributed by atoms with van der Waals surface area (Å²) in [4.78, 5) is 4.08. The molecular formula is C8H10BrN. The summed E-state index contributed by atoms with van der Waals surface area (Å²) in [5.41, 5.74) is 1.01. The zero-order valence-corrected chi connectivity index (χ0v) is 7.53. The van der Waals surface area contributed by atoms with E-state index in [1.54, 1.807) is 6.20 Å². The van der Waals surface area contributed by atoms with E-state index in [4.69, 9.17) is 0 Å². The molecule has 54 valence electrons. The van der Waals surface area contributed by atoms with Crippen molar-refractivity contribution in [2.24, 2.45) is 0 Å². The van der Waals surface area contributed by atoms with Crippen molar-refractivity contribution in [2.75, 3.05) is 0 Å². The maximum absolute atomic E-state index is 4.08. The minimum absolute atomic E-state index is 0. The van der Waals surface area contributed by atoms with Gasteiger partial charge in [0.15, 0.2) is 0 Å². The Labute approximate surface area is 71.6 Å². The van der Waals surface area contributed by atoms with E-state index in [1.165, 1.54) is 0 Å². The van der Waals surface area contributed by atoms with Gasteiger partial charge in [-0.15, -0.1) is 17.0 Å². The van der Waals surface area contributed by atoms with Gasteiger partial charge in [-0.1, -0.05) is 12.1 Å². The number of nitrogens with zero attached hydrogens (tertiary/aromatic N) is 1. The summed E-state index contributed by atoms with van der Waals surface area (Å²) < 4.78 is 0. The van der Waals surface area contributed by atoms with Crippen LogP contribution in [0.2, 0.25) is 0 Å². The Hall–Kier alpha value is -0.630. The van der Waals surface area contributed by atoms with Crippen molar-refractivity contribution in [3.05, 3.63) is 36.2 Å². The Bertz CT molecular complexity index is 194. The van der Waals surface area contributed by atoms with Crippen LogP contribution in [-0.4, -0.2) is 4.98 Å². The van der Waals surface area contributed by atoms with Crippen molar-refractivity contribution in [3.63, 3.8) is 0 Å². The van der Waals surface area contributed by atoms with Gasteiger partial charge in [0.05, 0.1) is 5.69 Å². The lowest BCUT2D eigenvalue weighted by molar-refractivity contribution is 1.29. The molecule has 0 aliphatic carbocycles. The Kier molecular flexibility index (Phi) is 4.85. The van der Waals surface area contributed by atoms with Gasteiger partial charge in [0, 0.05) is 6.20 Å². The standard InChI is InChI=1S/C8H9N.BrH/c1-2-5-8-6-3-4-7-9-8;/h2-7H,1H3;1H. The van der Waals surface area contributed by atoms with Crippen LogP contribution in [0.4, 0.5) is 0 Å². The second kappa shape index (κ2) is 5.18. The molecule has 0 aromatic carbocycles. The van der Waals surface area contributed by atoms with E-state index in [9.17, 15) is 0 Å². The van der Waals surface area contributed by atoms with Gasteiger partial charge in [0.2, 0.25) is 0 Å². The van der Waals surface area contributed by atoms with Crippen molar-refractivity contribution < 1.29 is 0 Å². The Balaban J connectivity index is 0.000000810. The average molecular weight is 200 g/mol. The van der Waals surface area contributed by atoms with Gasteiger partial charge >= 0.3 is 0 Å². The predicted octanol–water partition coefficient (Wildman–Crippen LogP) is 2.69. The fraction of sp³-hybridized carbons (Fsp3) is 0.125. The molecule has 2 heteroatoms. The summed E-state index contributed by atoms with van der Waals surface area (Å²) in [6.07, 6.45) is 5.73. The maximum atomic E-state index is 4.08. The summed E-state index contributed by atoms with van der Waals surface area (Å²) in [5, 5.41) is 0. The Morgan fingerprint density at radius 2 is 2.20 bits per heavy atom. The Morgan fingerprint density at radius 3 is 2.70 bits per heavy atom. The molecule has 0 bridgehead atoms. The number of hydrogen-bond acceptors (Lipinski definition) is 1. The van der Waals surface area contributed by atoms with E-state index < -0.39 is 0 Å². The van der Waals surface area contributed by atoms with Crippen LogP contribution >= 0.6 is 17.0 Å². The van der Waals surface area contributed by atoms with E-state index in [-0.39, 0.29) is 17.0 Å². The quantitative estimate of drug-likeness (QED) is 0.679. The van der Waals surface area contributed by atoms with Gasteiger partial charge < -0.3 is 0 Å². The number of allylic oxidation sites excluding steroid dienone is 1. The lowest BCUT2D eigenvalue weighted by Gasteiger charge is -1.86. The lowest BCUT2D eigenvalue weighted by atomic mass is 10.3. The minimum atomic E-state index is 0. The third-order valence-electron chi connectivity index (χ3n) is 1.03. The van der Waals surface area contributed by atoms with Gasteiger partial charge in [-0.3, -0.25) is 4.98 Å². The third-order valence-corrected chi connectivity index (χ3v) is 1.03. The highest BCUT2D eigenvalue weighted by molar-refractivity contribution is 8.93. The number of aromatic nitrogens is 1. The van der Waals surface area contributed by atoms with Crippen molar-refractivity contribution in [1.82, 2.24) is 4.98 Å². The summed E-state index contributed by atoms with van der Waals surface area (Å²) in [5.74, 6) is 0. The van der Waals surface area contributed by atoms with E-state index in [2.05, 4.69) is 4.98 Å². The van der Waals surface area contributed by atoms with Gasteiger partial charge in [0.1, 0.15) is 0 Å². The second-order valence-corrected chi connectivity index (χ2v) is 1.75. The molecule has 0 aliphatic rings. The van der Waals surface area contributed by atoms with Crippen molar-refractivity contribution in [3.8, 4) is 0 Å². The minimum Gasteiger partial charge on any atom is -0.257 e. The summed E-state index contributed by atoms with van der Waals surface area (Å²) in [7, 11) is 0. The van der Waals surface area contributed by atoms with E-state index >= 15 is 0 Å². The third kappa shape index (κ3) is 2.78. The second-order valence-electron chi connectivity index (χ2n) is 1.75. The molecule has 0 N–H and O–H groups in total. The largest absolute Gasteiger partial charge is 0.257 e. The first-order valence-corrected chi connectivity index (χ1v) is 2.97. The van der Waals surface area contributed by atoms with Crippen LogP contribution in [-0.2, 0) is 0 Å². The predicted molar refractivity (Wildman–Crippen MR) is 49.3 cm³/mol. The molecule has 1 aromatic heterocycles. The normalized spacial score (nSPS) is 9.30. The molecule has 0 radical (unpaired) electrons. The lowest BCUT2D eigenvalue weighted by Crippen LogP contribution is -1.74. The number of pyridine rings is 1. The van der Waals surface area contributed by atoms with Crippen molar-refractivity contribution in [2.45, 2.75) is 6.92 Å². The number of rotatable bonds is 1. The smallest absolute Gasteiger partial charge is 0.0626 e. The summed E-state index contributed by atoms with van der Waals surface area (Å²) in [6, 6.07) is 5.86. The molecule has 0 fully saturated rings. The highest BCUT2D eigenvalue weighted by atomic mass is 79.9. The molecule has 1 nitrogen and oxygen atoms in total. The van der Waals surface area contributed by atoms with E-state index in [1.807, 2.05) is 37.3 Å². The highest BCUT2D eigenvalue weighted by Crippen LogP contribution is 1.94. The van der Waals surface area contributed by atoms with Crippen LogP contribution < -0.4 is 0 Å². The van der Waals surface area contributed by atoms with Gasteiger partial charge in [-0.2, -0.15) is 0 Å². The van der Waals surface area contributed by atoms with Gasteiger partial charge in [-0.05, 0) is 25.1 Å². The van der Waals surface area contributed by atoms with Crippen LogP contribution in [0.3, 0.4) is 0 Å². The first kappa shape index (κ1) is 9.37. The average Bonchev–Trinajstić information content (AvgIpc) is 1.91. The first-order valence-electron chi connectivity index (χ1n) is 2.97. The fourth-order valence-electron chi connectivity index (χ4n) is 0.645. The maximum Gasteiger partial charge on any atom is 0.0626 e.